The molecule has 0 radical (unpaired) electrons. The Morgan fingerprint density at radius 1 is 1.38 bits per heavy atom. The molecule has 1 heterocycles. The van der Waals surface area contributed by atoms with E-state index in [1.54, 1.807) is 19.1 Å². The second kappa shape index (κ2) is 6.31. The van der Waals surface area contributed by atoms with Gasteiger partial charge in [-0.25, -0.2) is 0 Å². The SMILES string of the molecule is CCNc1nc(Cl)nc(Oc2cccc(C)c2[N+](=O)[O-])n1. The van der Waals surface area contributed by atoms with Gasteiger partial charge in [-0.1, -0.05) is 12.1 Å². The van der Waals surface area contributed by atoms with Crippen LogP contribution in [0.3, 0.4) is 0 Å². The molecule has 21 heavy (non-hydrogen) atoms. The fourth-order valence-electron chi connectivity index (χ4n) is 1.66. The van der Waals surface area contributed by atoms with Gasteiger partial charge in [0.25, 0.3) is 0 Å². The highest BCUT2D eigenvalue weighted by molar-refractivity contribution is 6.28. The first-order valence-electron chi connectivity index (χ1n) is 6.08. The molecule has 1 aromatic carbocycles. The number of anilines is 1. The van der Waals surface area contributed by atoms with Crippen LogP contribution in [0.4, 0.5) is 11.6 Å². The van der Waals surface area contributed by atoms with Crippen molar-refractivity contribution in [2.45, 2.75) is 13.8 Å². The number of hydrogen-bond acceptors (Lipinski definition) is 7. The summed E-state index contributed by atoms with van der Waals surface area (Å²) in [6.45, 7) is 4.07. The lowest BCUT2D eigenvalue weighted by molar-refractivity contribution is -0.386. The van der Waals surface area contributed by atoms with Crippen molar-refractivity contribution >= 4 is 23.2 Å². The fourth-order valence-corrected chi connectivity index (χ4v) is 1.81. The lowest BCUT2D eigenvalue weighted by Gasteiger charge is -2.07. The number of aryl methyl sites for hydroxylation is 1. The zero-order chi connectivity index (χ0) is 15.4. The molecule has 0 spiro atoms. The molecular formula is C12H12ClN5O3. The smallest absolute Gasteiger partial charge is 0.328 e. The van der Waals surface area contributed by atoms with Gasteiger partial charge in [-0.2, -0.15) is 15.0 Å². The van der Waals surface area contributed by atoms with E-state index in [4.69, 9.17) is 16.3 Å². The Hall–Kier alpha value is -2.48. The maximum atomic E-state index is 11.1. The van der Waals surface area contributed by atoms with Gasteiger partial charge in [-0.3, -0.25) is 10.1 Å². The van der Waals surface area contributed by atoms with Crippen molar-refractivity contribution in [2.75, 3.05) is 11.9 Å². The Labute approximate surface area is 125 Å². The molecule has 110 valence electrons. The van der Waals surface area contributed by atoms with Crippen LogP contribution in [0, 0.1) is 17.0 Å². The third-order valence-corrected chi connectivity index (χ3v) is 2.68. The highest BCUT2D eigenvalue weighted by Gasteiger charge is 2.20. The van der Waals surface area contributed by atoms with E-state index in [9.17, 15) is 10.1 Å². The van der Waals surface area contributed by atoms with E-state index in [0.717, 1.165) is 0 Å². The number of nitro groups is 1. The van der Waals surface area contributed by atoms with Crippen LogP contribution < -0.4 is 10.1 Å². The number of halogens is 1. The monoisotopic (exact) mass is 309 g/mol. The van der Waals surface area contributed by atoms with Crippen LogP contribution in [0.5, 0.6) is 11.8 Å². The van der Waals surface area contributed by atoms with Crippen molar-refractivity contribution < 1.29 is 9.66 Å². The predicted molar refractivity (Wildman–Crippen MR) is 76.9 cm³/mol. The number of nitrogens with zero attached hydrogens (tertiary/aromatic N) is 4. The molecule has 0 aliphatic carbocycles. The van der Waals surface area contributed by atoms with Crippen molar-refractivity contribution in [1.82, 2.24) is 15.0 Å². The molecule has 0 atom stereocenters. The molecule has 0 aliphatic rings. The first kappa shape index (κ1) is 14.9. The molecule has 9 heteroatoms. The zero-order valence-corrected chi connectivity index (χ0v) is 12.1. The van der Waals surface area contributed by atoms with Crippen molar-refractivity contribution in [2.24, 2.45) is 0 Å². The summed E-state index contributed by atoms with van der Waals surface area (Å²) >= 11 is 5.77. The second-order valence-electron chi connectivity index (χ2n) is 4.02. The lowest BCUT2D eigenvalue weighted by Crippen LogP contribution is -2.05. The largest absolute Gasteiger partial charge is 0.417 e. The summed E-state index contributed by atoms with van der Waals surface area (Å²) in [5, 5.41) is 13.9. The van der Waals surface area contributed by atoms with Gasteiger partial charge in [0, 0.05) is 12.1 Å². The summed E-state index contributed by atoms with van der Waals surface area (Å²) in [7, 11) is 0. The van der Waals surface area contributed by atoms with Crippen molar-refractivity contribution in [3.05, 3.63) is 39.2 Å². The topological polar surface area (TPSA) is 103 Å². The molecule has 0 aliphatic heterocycles. The van der Waals surface area contributed by atoms with E-state index < -0.39 is 4.92 Å². The molecular weight excluding hydrogens is 298 g/mol. The van der Waals surface area contributed by atoms with Gasteiger partial charge in [0.2, 0.25) is 17.0 Å². The third kappa shape index (κ3) is 3.54. The van der Waals surface area contributed by atoms with Crippen LogP contribution in [-0.4, -0.2) is 26.4 Å². The highest BCUT2D eigenvalue weighted by atomic mass is 35.5. The van der Waals surface area contributed by atoms with Crippen LogP contribution in [0.2, 0.25) is 5.28 Å². The highest BCUT2D eigenvalue weighted by Crippen LogP contribution is 2.33. The van der Waals surface area contributed by atoms with Gasteiger partial charge in [0.05, 0.1) is 4.92 Å². The maximum Gasteiger partial charge on any atom is 0.328 e. The van der Waals surface area contributed by atoms with E-state index in [1.807, 2.05) is 6.92 Å². The Morgan fingerprint density at radius 2 is 2.14 bits per heavy atom. The van der Waals surface area contributed by atoms with Crippen molar-refractivity contribution in [3.63, 3.8) is 0 Å². The number of ether oxygens (including phenoxy) is 1. The summed E-state index contributed by atoms with van der Waals surface area (Å²) < 4.78 is 5.39. The summed E-state index contributed by atoms with van der Waals surface area (Å²) in [6.07, 6.45) is 0. The molecule has 1 aromatic heterocycles. The summed E-state index contributed by atoms with van der Waals surface area (Å²) in [5.74, 6) is 0.285. The van der Waals surface area contributed by atoms with Crippen LogP contribution >= 0.6 is 11.6 Å². The lowest BCUT2D eigenvalue weighted by atomic mass is 10.2. The summed E-state index contributed by atoms with van der Waals surface area (Å²) in [4.78, 5) is 22.2. The summed E-state index contributed by atoms with van der Waals surface area (Å²) in [6, 6.07) is 4.62. The predicted octanol–water partition coefficient (Wildman–Crippen LogP) is 2.97. The van der Waals surface area contributed by atoms with E-state index >= 15 is 0 Å². The third-order valence-electron chi connectivity index (χ3n) is 2.51. The number of nitro benzene ring substituents is 1. The normalized spacial score (nSPS) is 10.2. The van der Waals surface area contributed by atoms with E-state index in [2.05, 4.69) is 20.3 Å². The Kier molecular flexibility index (Phi) is 4.49. The number of para-hydroxylation sites is 1. The Morgan fingerprint density at radius 3 is 2.81 bits per heavy atom. The molecule has 1 N–H and O–H groups in total. The Balaban J connectivity index is 2.38. The summed E-state index contributed by atoms with van der Waals surface area (Å²) in [5.41, 5.74) is 0.337. The van der Waals surface area contributed by atoms with Crippen LogP contribution in [0.1, 0.15) is 12.5 Å². The standard InChI is InChI=1S/C12H12ClN5O3/c1-3-14-11-15-10(13)16-12(17-11)21-8-6-4-5-7(2)9(8)18(19)20/h4-6H,3H2,1-2H3,(H,14,15,16,17). The minimum Gasteiger partial charge on any atom is -0.417 e. The average molecular weight is 310 g/mol. The number of rotatable bonds is 5. The van der Waals surface area contributed by atoms with Crippen LogP contribution in [-0.2, 0) is 0 Å². The molecule has 2 rings (SSSR count). The van der Waals surface area contributed by atoms with Crippen LogP contribution in [0.25, 0.3) is 0 Å². The number of nitrogens with one attached hydrogen (secondary N) is 1. The average Bonchev–Trinajstić information content (AvgIpc) is 2.37. The van der Waals surface area contributed by atoms with E-state index in [1.165, 1.54) is 6.07 Å². The quantitative estimate of drug-likeness (QED) is 0.668. The molecule has 0 bridgehead atoms. The molecule has 0 unspecified atom stereocenters. The number of aromatic nitrogens is 3. The minimum absolute atomic E-state index is 0.0460. The van der Waals surface area contributed by atoms with Crippen LogP contribution in [0.15, 0.2) is 18.2 Å². The number of hydrogen-bond donors (Lipinski definition) is 1. The molecule has 0 saturated heterocycles. The second-order valence-corrected chi connectivity index (χ2v) is 4.36. The van der Waals surface area contributed by atoms with E-state index in [0.29, 0.717) is 12.1 Å². The molecule has 0 saturated carbocycles. The van der Waals surface area contributed by atoms with E-state index in [-0.39, 0.29) is 28.7 Å². The van der Waals surface area contributed by atoms with Gasteiger partial charge in [0.1, 0.15) is 0 Å². The molecule has 0 amide bonds. The Bertz CT molecular complexity index is 680. The van der Waals surface area contributed by atoms with Gasteiger partial charge in [-0.05, 0) is 31.5 Å². The maximum absolute atomic E-state index is 11.1. The van der Waals surface area contributed by atoms with Gasteiger partial charge in [-0.15, -0.1) is 0 Å². The first-order valence-corrected chi connectivity index (χ1v) is 6.46. The first-order chi connectivity index (χ1) is 10.0. The van der Waals surface area contributed by atoms with Gasteiger partial charge in [0.15, 0.2) is 0 Å². The molecule has 0 fully saturated rings. The molecule has 8 nitrogen and oxygen atoms in total. The van der Waals surface area contributed by atoms with Gasteiger partial charge < -0.3 is 10.1 Å². The minimum atomic E-state index is -0.515. The zero-order valence-electron chi connectivity index (χ0n) is 11.3. The number of benzene rings is 1. The van der Waals surface area contributed by atoms with Crippen molar-refractivity contribution in [1.29, 1.82) is 0 Å². The molecule has 2 aromatic rings. The van der Waals surface area contributed by atoms with Crippen molar-refractivity contribution in [3.8, 4) is 11.8 Å². The fraction of sp³-hybridized carbons (Fsp3) is 0.250. The van der Waals surface area contributed by atoms with Gasteiger partial charge >= 0.3 is 11.7 Å².